The van der Waals surface area contributed by atoms with Gasteiger partial charge in [-0.15, -0.1) is 0 Å². The zero-order valence-electron chi connectivity index (χ0n) is 18.4. The van der Waals surface area contributed by atoms with Gasteiger partial charge in [0.25, 0.3) is 0 Å². The number of esters is 2. The molecule has 2 aliphatic carbocycles. The average molecular weight is 436 g/mol. The number of ketones is 2. The van der Waals surface area contributed by atoms with Crippen LogP contribution in [0.2, 0.25) is 0 Å². The van der Waals surface area contributed by atoms with E-state index in [1.807, 2.05) is 12.1 Å². The molecule has 32 heavy (non-hydrogen) atoms. The molecule has 4 rings (SSSR count). The van der Waals surface area contributed by atoms with E-state index in [0.29, 0.717) is 22.3 Å². The van der Waals surface area contributed by atoms with Gasteiger partial charge in [-0.3, -0.25) is 19.2 Å². The van der Waals surface area contributed by atoms with Crippen LogP contribution in [0, 0.1) is 11.3 Å². The third-order valence-corrected chi connectivity index (χ3v) is 6.68. The molecular weight excluding hydrogens is 412 g/mol. The second kappa shape index (κ2) is 7.38. The molecule has 0 amide bonds. The zero-order chi connectivity index (χ0) is 23.4. The van der Waals surface area contributed by atoms with Crippen molar-refractivity contribution < 1.29 is 33.8 Å². The van der Waals surface area contributed by atoms with Crippen LogP contribution < -0.4 is 4.74 Å². The highest BCUT2D eigenvalue weighted by molar-refractivity contribution is 6.16. The Balaban J connectivity index is 1.82. The maximum absolute atomic E-state index is 13.4. The molecule has 166 valence electrons. The summed E-state index contributed by atoms with van der Waals surface area (Å²) >= 11 is 0. The first-order valence-electron chi connectivity index (χ1n) is 10.4. The molecule has 0 saturated heterocycles. The maximum Gasteiger partial charge on any atom is 0.308 e. The summed E-state index contributed by atoms with van der Waals surface area (Å²) in [5.74, 6) is -2.06. The summed E-state index contributed by atoms with van der Waals surface area (Å²) in [6.07, 6.45) is 1.76. The van der Waals surface area contributed by atoms with Crippen molar-refractivity contribution in [3.63, 3.8) is 0 Å². The van der Waals surface area contributed by atoms with Gasteiger partial charge in [0.1, 0.15) is 11.4 Å². The first-order valence-corrected chi connectivity index (χ1v) is 10.4. The Labute approximate surface area is 185 Å². The number of carbonyl (C=O) groups excluding carboxylic acids is 4. The summed E-state index contributed by atoms with van der Waals surface area (Å²) in [7, 11) is 0. The molecule has 0 heterocycles. The van der Waals surface area contributed by atoms with E-state index in [1.165, 1.54) is 13.8 Å². The van der Waals surface area contributed by atoms with Crippen molar-refractivity contribution in [2.75, 3.05) is 6.61 Å². The molecule has 2 aliphatic rings. The number of rotatable bonds is 4. The molecule has 0 bridgehead atoms. The third-order valence-electron chi connectivity index (χ3n) is 6.68. The van der Waals surface area contributed by atoms with E-state index in [-0.39, 0.29) is 12.2 Å². The summed E-state index contributed by atoms with van der Waals surface area (Å²) in [6, 6.07) is 8.69. The maximum atomic E-state index is 13.4. The van der Waals surface area contributed by atoms with Crippen molar-refractivity contribution in [3.05, 3.63) is 47.5 Å². The topological polar surface area (TPSA) is 107 Å². The van der Waals surface area contributed by atoms with Gasteiger partial charge < -0.3 is 14.6 Å². The summed E-state index contributed by atoms with van der Waals surface area (Å²) in [6.45, 7) is 5.39. The highest BCUT2D eigenvalue weighted by Gasteiger charge is 2.63. The molecule has 1 N–H and O–H groups in total. The summed E-state index contributed by atoms with van der Waals surface area (Å²) in [4.78, 5) is 48.8. The van der Waals surface area contributed by atoms with E-state index in [9.17, 15) is 24.3 Å². The Kier molecular flexibility index (Phi) is 5.05. The van der Waals surface area contributed by atoms with E-state index < -0.39 is 41.3 Å². The molecule has 2 aromatic carbocycles. The number of fused-ring (bicyclic) bond motifs is 5. The molecular formula is C25H24O7. The van der Waals surface area contributed by atoms with Gasteiger partial charge in [-0.2, -0.15) is 0 Å². The number of hydrogen-bond acceptors (Lipinski definition) is 7. The van der Waals surface area contributed by atoms with Crippen LogP contribution in [0.5, 0.6) is 5.75 Å². The Bertz CT molecular complexity index is 1220. The molecule has 0 fully saturated rings. The molecule has 7 heteroatoms. The van der Waals surface area contributed by atoms with Crippen LogP contribution in [0.3, 0.4) is 0 Å². The van der Waals surface area contributed by atoms with Gasteiger partial charge >= 0.3 is 11.9 Å². The zero-order valence-corrected chi connectivity index (χ0v) is 18.4. The van der Waals surface area contributed by atoms with E-state index in [2.05, 4.69) is 0 Å². The van der Waals surface area contributed by atoms with Crippen molar-refractivity contribution in [2.24, 2.45) is 11.3 Å². The molecule has 0 aliphatic heterocycles. The van der Waals surface area contributed by atoms with Gasteiger partial charge in [-0.25, -0.2) is 0 Å². The number of carbonyl (C=O) groups is 4. The van der Waals surface area contributed by atoms with E-state index >= 15 is 0 Å². The van der Waals surface area contributed by atoms with Crippen molar-refractivity contribution in [1.29, 1.82) is 0 Å². The lowest BCUT2D eigenvalue weighted by Gasteiger charge is -2.45. The van der Waals surface area contributed by atoms with Gasteiger partial charge in [0, 0.05) is 37.2 Å². The molecule has 0 radical (unpaired) electrons. The van der Waals surface area contributed by atoms with Gasteiger partial charge in [0.15, 0.2) is 12.4 Å². The van der Waals surface area contributed by atoms with Crippen molar-refractivity contribution in [2.45, 2.75) is 39.7 Å². The number of Topliss-reactive ketones (excluding diaryl/α,β-unsaturated/α-hetero) is 2. The Morgan fingerprint density at radius 3 is 2.50 bits per heavy atom. The Morgan fingerprint density at radius 2 is 1.84 bits per heavy atom. The summed E-state index contributed by atoms with van der Waals surface area (Å²) in [5, 5.41) is 13.0. The Hall–Kier alpha value is -3.32. The van der Waals surface area contributed by atoms with E-state index in [1.54, 1.807) is 38.1 Å². The van der Waals surface area contributed by atoms with Gasteiger partial charge in [-0.05, 0) is 40.1 Å². The standard InChI is InChI=1S/C25H24O7/c1-13-9-20-19-7-5-16-10-17(32-15(3)27)6-8-18(16)23(19)21(28)11-24(20,4)25(13,30)22(29)12-31-14(2)26/h5-10,13,30H,11-12H2,1-4H3/t13-,24+,25+/m1/s1. The normalized spacial score (nSPS) is 26.2. The van der Waals surface area contributed by atoms with Crippen molar-refractivity contribution in [3.8, 4) is 5.75 Å². The summed E-state index contributed by atoms with van der Waals surface area (Å²) in [5.41, 5.74) is -1.12. The van der Waals surface area contributed by atoms with Crippen LogP contribution >= 0.6 is 0 Å². The van der Waals surface area contributed by atoms with Crippen LogP contribution in [0.4, 0.5) is 0 Å². The number of benzene rings is 2. The second-order valence-electron chi connectivity index (χ2n) is 8.74. The van der Waals surface area contributed by atoms with E-state index in [4.69, 9.17) is 9.47 Å². The molecule has 7 nitrogen and oxygen atoms in total. The summed E-state index contributed by atoms with van der Waals surface area (Å²) < 4.78 is 10.00. The lowest BCUT2D eigenvalue weighted by Crippen LogP contribution is -2.57. The van der Waals surface area contributed by atoms with Gasteiger partial charge in [0.05, 0.1) is 0 Å². The minimum absolute atomic E-state index is 0.0662. The molecule has 0 saturated carbocycles. The number of aliphatic hydroxyl groups is 1. The predicted molar refractivity (Wildman–Crippen MR) is 116 cm³/mol. The Morgan fingerprint density at radius 1 is 1.12 bits per heavy atom. The fraction of sp³-hybridized carbons (Fsp3) is 0.360. The predicted octanol–water partition coefficient (Wildman–Crippen LogP) is 3.25. The highest BCUT2D eigenvalue weighted by atomic mass is 16.5. The van der Waals surface area contributed by atoms with Crippen LogP contribution in [-0.2, 0) is 19.1 Å². The fourth-order valence-electron chi connectivity index (χ4n) is 5.19. The molecule has 0 aromatic heterocycles. The first-order chi connectivity index (χ1) is 15.0. The monoisotopic (exact) mass is 436 g/mol. The number of hydrogen-bond donors (Lipinski definition) is 1. The number of ether oxygens (including phenoxy) is 2. The van der Waals surface area contributed by atoms with Crippen molar-refractivity contribution in [1.82, 2.24) is 0 Å². The minimum Gasteiger partial charge on any atom is -0.458 e. The fourth-order valence-corrected chi connectivity index (χ4v) is 5.19. The first kappa shape index (κ1) is 21.9. The van der Waals surface area contributed by atoms with Crippen LogP contribution in [-0.4, -0.2) is 40.8 Å². The van der Waals surface area contributed by atoms with Gasteiger partial charge in [0.2, 0.25) is 5.78 Å². The smallest absolute Gasteiger partial charge is 0.308 e. The second-order valence-corrected chi connectivity index (χ2v) is 8.74. The van der Waals surface area contributed by atoms with Crippen molar-refractivity contribution >= 4 is 39.9 Å². The quantitative estimate of drug-likeness (QED) is 0.579. The third kappa shape index (κ3) is 3.07. The average Bonchev–Trinajstić information content (AvgIpc) is 2.92. The SMILES string of the molecule is CC(=O)OCC(=O)[C@@]1(O)[C@H](C)C=C2c3ccc4cc(OC(C)=O)ccc4c3C(=O)C[C@@]21C. The molecule has 0 unspecified atom stereocenters. The molecule has 0 spiro atoms. The molecule has 3 atom stereocenters. The lowest BCUT2D eigenvalue weighted by atomic mass is 9.60. The molecule has 2 aromatic rings. The largest absolute Gasteiger partial charge is 0.458 e. The van der Waals surface area contributed by atoms with Crippen LogP contribution in [0.25, 0.3) is 16.3 Å². The van der Waals surface area contributed by atoms with Crippen LogP contribution in [0.1, 0.15) is 50.0 Å². The van der Waals surface area contributed by atoms with Gasteiger partial charge in [-0.1, -0.05) is 32.1 Å². The lowest BCUT2D eigenvalue weighted by molar-refractivity contribution is -0.161. The highest BCUT2D eigenvalue weighted by Crippen LogP contribution is 2.59. The minimum atomic E-state index is -1.88. The van der Waals surface area contributed by atoms with Crippen LogP contribution in [0.15, 0.2) is 36.4 Å². The van der Waals surface area contributed by atoms with E-state index in [0.717, 1.165) is 11.0 Å².